The second-order valence-corrected chi connectivity index (χ2v) is 4.38. The molecule has 80 valence electrons. The molecule has 2 fully saturated rings. The maximum Gasteiger partial charge on any atom is 0.225 e. The average molecular weight is 199 g/mol. The fraction of sp³-hybridized carbons (Fsp3) is 0.900. The molecule has 14 heavy (non-hydrogen) atoms. The fourth-order valence-electron chi connectivity index (χ4n) is 2.13. The Balaban J connectivity index is 1.90. The van der Waals surface area contributed by atoms with Crippen molar-refractivity contribution < 1.29 is 15.0 Å². The Morgan fingerprint density at radius 2 is 2.07 bits per heavy atom. The molecule has 1 aliphatic carbocycles. The predicted octanol–water partition coefficient (Wildman–Crippen LogP) is -0.402. The lowest BCUT2D eigenvalue weighted by atomic mass is 9.84. The molecule has 1 saturated heterocycles. The van der Waals surface area contributed by atoms with Gasteiger partial charge in [0.2, 0.25) is 5.91 Å². The van der Waals surface area contributed by atoms with E-state index < -0.39 is 6.10 Å². The van der Waals surface area contributed by atoms with Gasteiger partial charge in [0, 0.05) is 24.9 Å². The molecule has 2 rings (SSSR count). The third-order valence-electron chi connectivity index (χ3n) is 3.41. The van der Waals surface area contributed by atoms with Crippen LogP contribution in [0.1, 0.15) is 19.3 Å². The maximum atomic E-state index is 11.8. The van der Waals surface area contributed by atoms with Gasteiger partial charge in [-0.1, -0.05) is 6.42 Å². The highest BCUT2D eigenvalue weighted by Gasteiger charge is 2.37. The van der Waals surface area contributed by atoms with E-state index in [1.54, 1.807) is 4.90 Å². The van der Waals surface area contributed by atoms with Gasteiger partial charge in [-0.3, -0.25) is 4.79 Å². The smallest absolute Gasteiger partial charge is 0.225 e. The second-order valence-electron chi connectivity index (χ2n) is 4.38. The Bertz CT molecular complexity index is 227. The van der Waals surface area contributed by atoms with Gasteiger partial charge in [0.1, 0.15) is 0 Å². The molecule has 0 radical (unpaired) electrons. The molecule has 4 nitrogen and oxygen atoms in total. The van der Waals surface area contributed by atoms with Crippen LogP contribution in [0.25, 0.3) is 0 Å². The highest BCUT2D eigenvalue weighted by molar-refractivity contribution is 5.79. The van der Waals surface area contributed by atoms with Crippen LogP contribution < -0.4 is 0 Å². The third kappa shape index (κ3) is 1.64. The van der Waals surface area contributed by atoms with Crippen LogP contribution in [0.5, 0.6) is 0 Å². The number of hydrogen-bond donors (Lipinski definition) is 2. The molecule has 4 heteroatoms. The van der Waals surface area contributed by atoms with Gasteiger partial charge in [-0.15, -0.1) is 0 Å². The Kier molecular flexibility index (Phi) is 2.74. The second kappa shape index (κ2) is 3.87. The van der Waals surface area contributed by atoms with Crippen molar-refractivity contribution in [1.82, 2.24) is 4.90 Å². The lowest BCUT2D eigenvalue weighted by Gasteiger charge is -2.28. The summed E-state index contributed by atoms with van der Waals surface area (Å²) in [4.78, 5) is 13.5. The average Bonchev–Trinajstić information content (AvgIpc) is 2.43. The van der Waals surface area contributed by atoms with E-state index in [1.165, 1.54) is 0 Å². The predicted molar refractivity (Wildman–Crippen MR) is 50.5 cm³/mol. The van der Waals surface area contributed by atoms with Gasteiger partial charge >= 0.3 is 0 Å². The van der Waals surface area contributed by atoms with Gasteiger partial charge in [-0.2, -0.15) is 0 Å². The summed E-state index contributed by atoms with van der Waals surface area (Å²) in [6, 6.07) is 0. The zero-order chi connectivity index (χ0) is 10.1. The van der Waals surface area contributed by atoms with Crippen molar-refractivity contribution in [3.05, 3.63) is 0 Å². The first-order valence-electron chi connectivity index (χ1n) is 5.30. The Morgan fingerprint density at radius 1 is 1.36 bits per heavy atom. The summed E-state index contributed by atoms with van der Waals surface area (Å²) in [6.07, 6.45) is 2.60. The van der Waals surface area contributed by atoms with Crippen molar-refractivity contribution in [3.63, 3.8) is 0 Å². The molecule has 2 aliphatic rings. The third-order valence-corrected chi connectivity index (χ3v) is 3.41. The number of amides is 1. The van der Waals surface area contributed by atoms with Crippen molar-refractivity contribution in [2.45, 2.75) is 25.4 Å². The topological polar surface area (TPSA) is 60.8 Å². The molecule has 0 aromatic heterocycles. The zero-order valence-electron chi connectivity index (χ0n) is 8.22. The van der Waals surface area contributed by atoms with Crippen LogP contribution in [-0.4, -0.2) is 46.8 Å². The molecule has 0 aromatic rings. The van der Waals surface area contributed by atoms with Crippen LogP contribution in [0.15, 0.2) is 0 Å². The number of β-amino-alcohol motifs (C(OH)–C–C–N with tert-alkyl or cyclic N) is 1. The molecule has 1 heterocycles. The Morgan fingerprint density at radius 3 is 2.50 bits per heavy atom. The van der Waals surface area contributed by atoms with E-state index in [4.69, 9.17) is 5.11 Å². The maximum absolute atomic E-state index is 11.8. The molecule has 2 unspecified atom stereocenters. The number of nitrogens with zero attached hydrogens (tertiary/aromatic N) is 1. The molecule has 0 aromatic carbocycles. The number of carbonyl (C=O) groups is 1. The summed E-state index contributed by atoms with van der Waals surface area (Å²) in [5.74, 6) is 0.227. The first-order valence-corrected chi connectivity index (χ1v) is 5.30. The molecule has 1 aliphatic heterocycles. The zero-order valence-corrected chi connectivity index (χ0v) is 8.22. The first kappa shape index (κ1) is 9.93. The van der Waals surface area contributed by atoms with Crippen LogP contribution in [-0.2, 0) is 4.79 Å². The van der Waals surface area contributed by atoms with E-state index in [-0.39, 0.29) is 24.3 Å². The molecule has 0 bridgehead atoms. The first-order chi connectivity index (χ1) is 6.72. The number of carbonyl (C=O) groups excluding carboxylic acids is 1. The van der Waals surface area contributed by atoms with Gasteiger partial charge in [-0.25, -0.2) is 0 Å². The highest BCUT2D eigenvalue weighted by Crippen LogP contribution is 2.30. The van der Waals surface area contributed by atoms with Gasteiger partial charge < -0.3 is 15.1 Å². The monoisotopic (exact) mass is 199 g/mol. The molecular weight excluding hydrogens is 182 g/mol. The minimum atomic E-state index is -0.538. The lowest BCUT2D eigenvalue weighted by Crippen LogP contribution is -2.37. The summed E-state index contributed by atoms with van der Waals surface area (Å²) in [5, 5.41) is 18.5. The number of hydrogen-bond acceptors (Lipinski definition) is 3. The van der Waals surface area contributed by atoms with Crippen molar-refractivity contribution in [2.24, 2.45) is 11.8 Å². The lowest BCUT2D eigenvalue weighted by molar-refractivity contribution is -0.137. The van der Waals surface area contributed by atoms with Crippen LogP contribution in [0.4, 0.5) is 0 Å². The van der Waals surface area contributed by atoms with Crippen LogP contribution >= 0.6 is 0 Å². The molecule has 1 saturated carbocycles. The van der Waals surface area contributed by atoms with E-state index >= 15 is 0 Å². The Hall–Kier alpha value is -0.610. The molecule has 2 atom stereocenters. The van der Waals surface area contributed by atoms with E-state index in [0.29, 0.717) is 13.1 Å². The minimum Gasteiger partial charge on any atom is -0.396 e. The quantitative estimate of drug-likeness (QED) is 0.636. The Labute approximate surface area is 83.5 Å². The van der Waals surface area contributed by atoms with Crippen LogP contribution in [0.3, 0.4) is 0 Å². The molecular formula is C10H17NO3. The van der Waals surface area contributed by atoms with E-state index in [9.17, 15) is 9.90 Å². The molecule has 0 spiro atoms. The van der Waals surface area contributed by atoms with Gasteiger partial charge in [0.05, 0.1) is 12.7 Å². The van der Waals surface area contributed by atoms with Crippen molar-refractivity contribution in [1.29, 1.82) is 0 Å². The van der Waals surface area contributed by atoms with Crippen LogP contribution in [0.2, 0.25) is 0 Å². The van der Waals surface area contributed by atoms with Gasteiger partial charge in [0.25, 0.3) is 0 Å². The number of aliphatic hydroxyl groups excluding tert-OH is 2. The standard InChI is InChI=1S/C10H17NO3/c12-6-8-4-11(5-9(8)13)10(14)7-2-1-3-7/h7-9,12-13H,1-6H2. The highest BCUT2D eigenvalue weighted by atomic mass is 16.3. The molecule has 1 amide bonds. The summed E-state index contributed by atoms with van der Waals surface area (Å²) in [6.45, 7) is 0.892. The summed E-state index contributed by atoms with van der Waals surface area (Å²) in [7, 11) is 0. The number of rotatable bonds is 2. The fourth-order valence-corrected chi connectivity index (χ4v) is 2.13. The number of aliphatic hydroxyl groups is 2. The van der Waals surface area contributed by atoms with Gasteiger partial charge in [0.15, 0.2) is 0 Å². The van der Waals surface area contributed by atoms with Gasteiger partial charge in [-0.05, 0) is 12.8 Å². The van der Waals surface area contributed by atoms with Crippen molar-refractivity contribution >= 4 is 5.91 Å². The largest absolute Gasteiger partial charge is 0.396 e. The number of likely N-dealkylation sites (tertiary alicyclic amines) is 1. The summed E-state index contributed by atoms with van der Waals surface area (Å²) < 4.78 is 0. The van der Waals surface area contributed by atoms with E-state index in [1.807, 2.05) is 0 Å². The van der Waals surface area contributed by atoms with E-state index in [0.717, 1.165) is 19.3 Å². The molecule has 2 N–H and O–H groups in total. The minimum absolute atomic E-state index is 0.0321. The van der Waals surface area contributed by atoms with Crippen LogP contribution in [0, 0.1) is 11.8 Å². The van der Waals surface area contributed by atoms with Crippen molar-refractivity contribution in [2.75, 3.05) is 19.7 Å². The van der Waals surface area contributed by atoms with E-state index in [2.05, 4.69) is 0 Å². The SMILES string of the molecule is O=C(C1CCC1)N1CC(O)C(CO)C1. The summed E-state index contributed by atoms with van der Waals surface area (Å²) >= 11 is 0. The normalized spacial score (nSPS) is 33.1. The summed E-state index contributed by atoms with van der Waals surface area (Å²) in [5.41, 5.74) is 0. The van der Waals surface area contributed by atoms with Crippen molar-refractivity contribution in [3.8, 4) is 0 Å².